The number of halogens is 1. The fraction of sp³-hybridized carbons (Fsp3) is 0.867. The lowest BCUT2D eigenvalue weighted by Crippen LogP contribution is -2.54. The quantitative estimate of drug-likeness (QED) is 0.380. The third-order valence-electron chi connectivity index (χ3n) is 3.57. The van der Waals surface area contributed by atoms with Crippen LogP contribution in [-0.4, -0.2) is 82.9 Å². The Labute approximate surface area is 165 Å². The molecular weight excluding hydrogens is 443 g/mol. The Morgan fingerprint density at radius 1 is 1.21 bits per heavy atom. The number of hydrogen-bond donors (Lipinski definition) is 1. The van der Waals surface area contributed by atoms with E-state index >= 15 is 0 Å². The maximum absolute atomic E-state index is 12.0. The standard InChI is InChI=1S/C15H30N4O3S.HI/c1-6-22-14(20)19-10-8-18(9-11-19)13(16-5)17-7-12-23(21)15(2,3)4;/h6-12H2,1-5H3,(H,16,17);1H. The van der Waals surface area contributed by atoms with E-state index in [0.29, 0.717) is 45.1 Å². The molecule has 1 aliphatic rings. The molecule has 0 aliphatic carbocycles. The highest BCUT2D eigenvalue weighted by Crippen LogP contribution is 2.10. The molecular formula is C15H31IN4O3S. The molecule has 1 unspecified atom stereocenters. The zero-order valence-corrected chi connectivity index (χ0v) is 18.5. The van der Waals surface area contributed by atoms with Gasteiger partial charge in [0.15, 0.2) is 5.96 Å². The van der Waals surface area contributed by atoms with Crippen LogP contribution in [0.2, 0.25) is 0 Å². The van der Waals surface area contributed by atoms with Gasteiger partial charge < -0.3 is 19.9 Å². The zero-order chi connectivity index (χ0) is 17.5. The van der Waals surface area contributed by atoms with Crippen LogP contribution in [0.5, 0.6) is 0 Å². The maximum Gasteiger partial charge on any atom is 0.409 e. The molecule has 0 bridgehead atoms. The lowest BCUT2D eigenvalue weighted by Gasteiger charge is -2.35. The van der Waals surface area contributed by atoms with Gasteiger partial charge in [-0.25, -0.2) is 4.79 Å². The van der Waals surface area contributed by atoms with Crippen LogP contribution in [0, 0.1) is 0 Å². The smallest absolute Gasteiger partial charge is 0.409 e. The molecule has 0 saturated carbocycles. The number of nitrogens with one attached hydrogen (secondary N) is 1. The fourth-order valence-corrected chi connectivity index (χ4v) is 3.11. The second-order valence-corrected chi connectivity index (χ2v) is 8.63. The summed E-state index contributed by atoms with van der Waals surface area (Å²) in [6.45, 7) is 11.4. The highest BCUT2D eigenvalue weighted by Gasteiger charge is 2.24. The van der Waals surface area contributed by atoms with Crippen molar-refractivity contribution in [2.45, 2.75) is 32.4 Å². The molecule has 1 fully saturated rings. The number of aliphatic imine (C=N–C) groups is 1. The van der Waals surface area contributed by atoms with Gasteiger partial charge in [-0.15, -0.1) is 24.0 Å². The van der Waals surface area contributed by atoms with Crippen molar-refractivity contribution in [2.75, 3.05) is 52.1 Å². The van der Waals surface area contributed by atoms with Gasteiger partial charge in [-0.2, -0.15) is 0 Å². The van der Waals surface area contributed by atoms with E-state index in [1.165, 1.54) is 0 Å². The second kappa shape index (κ2) is 11.1. The lowest BCUT2D eigenvalue weighted by atomic mass is 10.3. The van der Waals surface area contributed by atoms with Gasteiger partial charge >= 0.3 is 6.09 Å². The van der Waals surface area contributed by atoms with Crippen molar-refractivity contribution >= 4 is 46.8 Å². The molecule has 1 heterocycles. The Bertz CT molecular complexity index is 446. The minimum absolute atomic E-state index is 0. The minimum atomic E-state index is -0.880. The van der Waals surface area contributed by atoms with Gasteiger partial charge in [0.05, 0.1) is 6.61 Å². The molecule has 1 atom stereocenters. The first kappa shape index (κ1) is 23.4. The molecule has 7 nitrogen and oxygen atoms in total. The maximum atomic E-state index is 12.0. The summed E-state index contributed by atoms with van der Waals surface area (Å²) in [5.74, 6) is 1.38. The van der Waals surface area contributed by atoms with E-state index in [4.69, 9.17) is 4.74 Å². The lowest BCUT2D eigenvalue weighted by molar-refractivity contribution is 0.0915. The summed E-state index contributed by atoms with van der Waals surface area (Å²) in [5, 5.41) is 3.26. The van der Waals surface area contributed by atoms with E-state index in [9.17, 15) is 9.00 Å². The van der Waals surface area contributed by atoms with E-state index < -0.39 is 10.8 Å². The van der Waals surface area contributed by atoms with Gasteiger partial charge in [0.25, 0.3) is 0 Å². The van der Waals surface area contributed by atoms with Crippen molar-refractivity contribution in [1.82, 2.24) is 15.1 Å². The summed E-state index contributed by atoms with van der Waals surface area (Å²) < 4.78 is 16.9. The normalized spacial score (nSPS) is 17.1. The summed E-state index contributed by atoms with van der Waals surface area (Å²) in [4.78, 5) is 19.8. The first-order chi connectivity index (χ1) is 10.8. The highest BCUT2D eigenvalue weighted by atomic mass is 127. The van der Waals surface area contributed by atoms with E-state index in [1.807, 2.05) is 20.8 Å². The van der Waals surface area contributed by atoms with E-state index in [2.05, 4.69) is 15.2 Å². The van der Waals surface area contributed by atoms with Crippen LogP contribution in [0.4, 0.5) is 4.79 Å². The number of nitrogens with zero attached hydrogens (tertiary/aromatic N) is 3. The highest BCUT2D eigenvalue weighted by molar-refractivity contribution is 14.0. The Hall–Kier alpha value is -0.580. The van der Waals surface area contributed by atoms with Crippen LogP contribution >= 0.6 is 24.0 Å². The molecule has 1 saturated heterocycles. The number of rotatable bonds is 4. The van der Waals surface area contributed by atoms with Crippen LogP contribution in [-0.2, 0) is 15.5 Å². The van der Waals surface area contributed by atoms with E-state index in [0.717, 1.165) is 5.96 Å². The molecule has 9 heteroatoms. The van der Waals surface area contributed by atoms with Gasteiger partial charge in [0.1, 0.15) is 0 Å². The van der Waals surface area contributed by atoms with Crippen molar-refractivity contribution < 1.29 is 13.7 Å². The monoisotopic (exact) mass is 474 g/mol. The Balaban J connectivity index is 0.00000529. The summed E-state index contributed by atoms with van der Waals surface area (Å²) in [5.41, 5.74) is 0. The van der Waals surface area contributed by atoms with Crippen molar-refractivity contribution in [3.63, 3.8) is 0 Å². The molecule has 0 radical (unpaired) electrons. The number of ether oxygens (including phenoxy) is 1. The predicted octanol–water partition coefficient (Wildman–Crippen LogP) is 1.50. The minimum Gasteiger partial charge on any atom is -0.450 e. The molecule has 24 heavy (non-hydrogen) atoms. The molecule has 1 N–H and O–H groups in total. The molecule has 142 valence electrons. The molecule has 0 spiro atoms. The molecule has 1 amide bonds. The summed E-state index contributed by atoms with van der Waals surface area (Å²) in [6.07, 6.45) is -0.254. The fourth-order valence-electron chi connectivity index (χ4n) is 2.21. The average molecular weight is 474 g/mol. The number of carbonyl (C=O) groups is 1. The van der Waals surface area contributed by atoms with Gasteiger partial charge in [-0.3, -0.25) is 9.20 Å². The summed E-state index contributed by atoms with van der Waals surface area (Å²) in [7, 11) is 0.856. The van der Waals surface area contributed by atoms with E-state index in [1.54, 1.807) is 18.9 Å². The van der Waals surface area contributed by atoms with Gasteiger partial charge in [0, 0.05) is 61.1 Å². The third kappa shape index (κ3) is 7.54. The topological polar surface area (TPSA) is 74.2 Å². The Morgan fingerprint density at radius 3 is 2.21 bits per heavy atom. The van der Waals surface area contributed by atoms with Crippen molar-refractivity contribution in [3.8, 4) is 0 Å². The van der Waals surface area contributed by atoms with E-state index in [-0.39, 0.29) is 34.8 Å². The summed E-state index contributed by atoms with van der Waals surface area (Å²) >= 11 is 0. The number of piperazine rings is 1. The second-order valence-electron chi connectivity index (χ2n) is 6.31. The van der Waals surface area contributed by atoms with Crippen molar-refractivity contribution in [3.05, 3.63) is 0 Å². The zero-order valence-electron chi connectivity index (χ0n) is 15.3. The predicted molar refractivity (Wildman–Crippen MR) is 110 cm³/mol. The number of carbonyl (C=O) groups excluding carboxylic acids is 1. The third-order valence-corrected chi connectivity index (χ3v) is 5.51. The van der Waals surface area contributed by atoms with Gasteiger partial charge in [0.2, 0.25) is 0 Å². The molecule has 1 rings (SSSR count). The first-order valence-electron chi connectivity index (χ1n) is 8.05. The Kier molecular flexibility index (Phi) is 10.8. The van der Waals surface area contributed by atoms with Crippen LogP contribution in [0.15, 0.2) is 4.99 Å². The molecule has 1 aliphatic heterocycles. The van der Waals surface area contributed by atoms with Crippen LogP contribution in [0.3, 0.4) is 0 Å². The van der Waals surface area contributed by atoms with Crippen molar-refractivity contribution in [1.29, 1.82) is 0 Å². The Morgan fingerprint density at radius 2 is 1.75 bits per heavy atom. The summed E-state index contributed by atoms with van der Waals surface area (Å²) in [6, 6.07) is 0. The molecule has 0 aromatic rings. The van der Waals surface area contributed by atoms with Crippen LogP contribution in [0.25, 0.3) is 0 Å². The SMILES string of the molecule is CCOC(=O)N1CCN(C(=NC)NCCS(=O)C(C)(C)C)CC1.I. The van der Waals surface area contributed by atoms with Gasteiger partial charge in [-0.05, 0) is 27.7 Å². The van der Waals surface area contributed by atoms with Crippen molar-refractivity contribution in [2.24, 2.45) is 4.99 Å². The molecule has 0 aromatic carbocycles. The number of amides is 1. The molecule has 0 aromatic heterocycles. The largest absolute Gasteiger partial charge is 0.450 e. The van der Waals surface area contributed by atoms with Gasteiger partial charge in [-0.1, -0.05) is 0 Å². The first-order valence-corrected chi connectivity index (χ1v) is 9.37. The van der Waals surface area contributed by atoms with Crippen LogP contribution < -0.4 is 5.32 Å². The average Bonchev–Trinajstić information content (AvgIpc) is 2.51. The van der Waals surface area contributed by atoms with Crippen LogP contribution in [0.1, 0.15) is 27.7 Å². The number of guanidine groups is 1. The number of hydrogen-bond acceptors (Lipinski definition) is 4.